The first-order valence-corrected chi connectivity index (χ1v) is 4.79. The summed E-state index contributed by atoms with van der Waals surface area (Å²) < 4.78 is 5.74. The molecule has 0 aliphatic carbocycles. The predicted octanol–water partition coefficient (Wildman–Crippen LogP) is 2.26. The van der Waals surface area contributed by atoms with Gasteiger partial charge in [-0.05, 0) is 22.9 Å². The van der Waals surface area contributed by atoms with Crippen LogP contribution in [0.3, 0.4) is 0 Å². The fourth-order valence-electron chi connectivity index (χ4n) is 0.769. The fraction of sp³-hybridized carbons (Fsp3) is 0.167. The highest BCUT2D eigenvalue weighted by atomic mass is 79.9. The Morgan fingerprint density at radius 2 is 2.33 bits per heavy atom. The van der Waals surface area contributed by atoms with Crippen molar-refractivity contribution in [2.24, 2.45) is 0 Å². The van der Waals surface area contributed by atoms with Gasteiger partial charge in [0.25, 0.3) is 0 Å². The van der Waals surface area contributed by atoms with E-state index >= 15 is 0 Å². The highest BCUT2D eigenvalue weighted by molar-refractivity contribution is 9.11. The molecule has 12 heavy (non-hydrogen) atoms. The molecule has 0 spiro atoms. The van der Waals surface area contributed by atoms with Gasteiger partial charge in [0.05, 0.1) is 5.69 Å². The average Bonchev–Trinajstić information content (AvgIpc) is 2.58. The molecule has 2 aromatic heterocycles. The second kappa shape index (κ2) is 2.95. The molecule has 2 aromatic rings. The molecule has 0 fully saturated rings. The Bertz CT molecular complexity index is 359. The Morgan fingerprint density at radius 1 is 1.50 bits per heavy atom. The molecule has 4 nitrogen and oxygen atoms in total. The van der Waals surface area contributed by atoms with Gasteiger partial charge in [-0.3, -0.25) is 0 Å². The van der Waals surface area contributed by atoms with Crippen LogP contribution in [0.2, 0.25) is 0 Å². The van der Waals surface area contributed by atoms with E-state index < -0.39 is 0 Å². The lowest BCUT2D eigenvalue weighted by atomic mass is 10.4. The van der Waals surface area contributed by atoms with Crippen LogP contribution in [0.1, 0.15) is 5.69 Å². The van der Waals surface area contributed by atoms with E-state index in [1.165, 1.54) is 11.3 Å². The van der Waals surface area contributed by atoms with Gasteiger partial charge in [0.2, 0.25) is 0 Å². The van der Waals surface area contributed by atoms with E-state index in [1.807, 2.05) is 13.0 Å². The smallest absolute Gasteiger partial charge is 0.197 e. The second-order valence-electron chi connectivity index (χ2n) is 2.19. The van der Waals surface area contributed by atoms with Crippen LogP contribution in [-0.4, -0.2) is 15.4 Å². The van der Waals surface area contributed by atoms with Gasteiger partial charge in [-0.15, -0.1) is 10.2 Å². The second-order valence-corrected chi connectivity index (χ2v) is 4.45. The number of aryl methyl sites for hydroxylation is 1. The molecule has 2 heterocycles. The molecule has 6 heteroatoms. The predicted molar refractivity (Wildman–Crippen MR) is 47.8 cm³/mol. The maximum Gasteiger partial charge on any atom is 0.197 e. The fourth-order valence-corrected chi connectivity index (χ4v) is 1.83. The maximum atomic E-state index is 5.00. The molecule has 62 valence electrons. The molecule has 0 radical (unpaired) electrons. The quantitative estimate of drug-likeness (QED) is 0.774. The van der Waals surface area contributed by atoms with Crippen molar-refractivity contribution < 1.29 is 4.52 Å². The van der Waals surface area contributed by atoms with Gasteiger partial charge in [-0.1, -0.05) is 16.5 Å². The minimum Gasteiger partial charge on any atom is -0.353 e. The molecule has 0 saturated carbocycles. The molecule has 0 aliphatic rings. The van der Waals surface area contributed by atoms with Crippen LogP contribution < -0.4 is 0 Å². The van der Waals surface area contributed by atoms with E-state index in [4.69, 9.17) is 4.52 Å². The molecule has 0 saturated heterocycles. The minimum absolute atomic E-state index is 0.663. The van der Waals surface area contributed by atoms with Gasteiger partial charge in [-0.25, -0.2) is 0 Å². The van der Waals surface area contributed by atoms with Crippen LogP contribution in [0.25, 0.3) is 10.8 Å². The molecule has 0 aliphatic heterocycles. The van der Waals surface area contributed by atoms with Crippen molar-refractivity contribution in [3.8, 4) is 10.8 Å². The lowest BCUT2D eigenvalue weighted by Crippen LogP contribution is -1.70. The maximum absolute atomic E-state index is 5.00. The summed E-state index contributed by atoms with van der Waals surface area (Å²) >= 11 is 4.63. The summed E-state index contributed by atoms with van der Waals surface area (Å²) in [6.07, 6.45) is 0. The molecule has 0 unspecified atom stereocenters. The Kier molecular flexibility index (Phi) is 1.93. The van der Waals surface area contributed by atoms with Crippen LogP contribution in [0.4, 0.5) is 0 Å². The van der Waals surface area contributed by atoms with Crippen molar-refractivity contribution in [2.45, 2.75) is 6.92 Å². The van der Waals surface area contributed by atoms with E-state index in [-0.39, 0.29) is 0 Å². The van der Waals surface area contributed by atoms with E-state index in [0.29, 0.717) is 5.76 Å². The first-order valence-electron chi connectivity index (χ1n) is 3.18. The standard InChI is InChI=1S/C6H4BrN3OS/c1-3-2-4(11-10-3)5-8-9-6(7)12-5/h2H,1H3. The molecule has 2 rings (SSSR count). The lowest BCUT2D eigenvalue weighted by molar-refractivity contribution is 0.426. The number of hydrogen-bond acceptors (Lipinski definition) is 5. The van der Waals surface area contributed by atoms with Crippen LogP contribution >= 0.6 is 27.3 Å². The van der Waals surface area contributed by atoms with Gasteiger partial charge >= 0.3 is 0 Å². The summed E-state index contributed by atoms with van der Waals surface area (Å²) in [5.41, 5.74) is 0.844. The van der Waals surface area contributed by atoms with Crippen molar-refractivity contribution in [3.05, 3.63) is 15.7 Å². The number of nitrogens with zero attached hydrogens (tertiary/aromatic N) is 3. The van der Waals surface area contributed by atoms with Gasteiger partial charge in [0.15, 0.2) is 14.7 Å². The zero-order valence-corrected chi connectivity index (χ0v) is 8.52. The average molecular weight is 246 g/mol. The zero-order valence-electron chi connectivity index (χ0n) is 6.11. The largest absolute Gasteiger partial charge is 0.353 e. The first kappa shape index (κ1) is 7.88. The summed E-state index contributed by atoms with van der Waals surface area (Å²) in [7, 11) is 0. The number of halogens is 1. The van der Waals surface area contributed by atoms with Crippen LogP contribution in [-0.2, 0) is 0 Å². The van der Waals surface area contributed by atoms with E-state index in [0.717, 1.165) is 14.6 Å². The van der Waals surface area contributed by atoms with E-state index in [9.17, 15) is 0 Å². The third-order valence-corrected chi connectivity index (χ3v) is 2.61. The first-order chi connectivity index (χ1) is 5.75. The van der Waals surface area contributed by atoms with E-state index in [2.05, 4.69) is 31.3 Å². The Labute approximate surface area is 80.7 Å². The lowest BCUT2D eigenvalue weighted by Gasteiger charge is -1.79. The zero-order chi connectivity index (χ0) is 8.55. The van der Waals surface area contributed by atoms with Crippen molar-refractivity contribution in [1.29, 1.82) is 0 Å². The summed E-state index contributed by atoms with van der Waals surface area (Å²) in [5.74, 6) is 0.663. The summed E-state index contributed by atoms with van der Waals surface area (Å²) in [6, 6.07) is 1.83. The third-order valence-electron chi connectivity index (χ3n) is 1.24. The minimum atomic E-state index is 0.663. The molecular weight excluding hydrogens is 242 g/mol. The molecule has 0 aromatic carbocycles. The SMILES string of the molecule is Cc1cc(-c2nnc(Br)s2)on1. The highest BCUT2D eigenvalue weighted by Crippen LogP contribution is 2.26. The Hall–Kier alpha value is -0.750. The molecule has 0 amide bonds. The molecule has 0 N–H and O–H groups in total. The molecule has 0 atom stereocenters. The summed E-state index contributed by atoms with van der Waals surface area (Å²) in [6.45, 7) is 1.86. The Morgan fingerprint density at radius 3 is 2.83 bits per heavy atom. The normalized spacial score (nSPS) is 10.5. The van der Waals surface area contributed by atoms with Crippen LogP contribution in [0, 0.1) is 6.92 Å². The van der Waals surface area contributed by atoms with Gasteiger partial charge in [0.1, 0.15) is 0 Å². The third kappa shape index (κ3) is 1.39. The van der Waals surface area contributed by atoms with Gasteiger partial charge in [0, 0.05) is 6.07 Å². The van der Waals surface area contributed by atoms with Crippen molar-refractivity contribution in [3.63, 3.8) is 0 Å². The topological polar surface area (TPSA) is 51.8 Å². The van der Waals surface area contributed by atoms with E-state index in [1.54, 1.807) is 0 Å². The summed E-state index contributed by atoms with van der Waals surface area (Å²) in [4.78, 5) is 0. The number of rotatable bonds is 1. The van der Waals surface area contributed by atoms with Crippen molar-refractivity contribution in [1.82, 2.24) is 15.4 Å². The van der Waals surface area contributed by atoms with Gasteiger partial charge < -0.3 is 4.52 Å². The molecular formula is C6H4BrN3OS. The van der Waals surface area contributed by atoms with Crippen molar-refractivity contribution >= 4 is 27.3 Å². The number of aromatic nitrogens is 3. The monoisotopic (exact) mass is 245 g/mol. The summed E-state index contributed by atoms with van der Waals surface area (Å²) in [5, 5.41) is 12.2. The molecule has 0 bridgehead atoms. The van der Waals surface area contributed by atoms with Gasteiger partial charge in [-0.2, -0.15) is 0 Å². The number of hydrogen-bond donors (Lipinski definition) is 0. The van der Waals surface area contributed by atoms with Crippen LogP contribution in [0.15, 0.2) is 14.5 Å². The van der Waals surface area contributed by atoms with Crippen LogP contribution in [0.5, 0.6) is 0 Å². The Balaban J connectivity index is 2.43. The highest BCUT2D eigenvalue weighted by Gasteiger charge is 2.09. The van der Waals surface area contributed by atoms with Crippen molar-refractivity contribution in [2.75, 3.05) is 0 Å².